The summed E-state index contributed by atoms with van der Waals surface area (Å²) >= 11 is 5.36. The summed E-state index contributed by atoms with van der Waals surface area (Å²) in [5, 5.41) is -0.658. The van der Waals surface area contributed by atoms with Crippen LogP contribution in [0.5, 0.6) is 0 Å². The van der Waals surface area contributed by atoms with Gasteiger partial charge in [-0.3, -0.25) is 23.0 Å². The van der Waals surface area contributed by atoms with E-state index < -0.39 is 26.8 Å². The van der Waals surface area contributed by atoms with Gasteiger partial charge in [0.25, 0.3) is 5.24 Å². The smallest absolute Gasteiger partial charge is 0.252 e. The standard InChI is InChI=1S/C13H12ClNO5S2/c14-13(16)9-5-7-10(8-6-9)15-21(17,18)11-3-1-2-4-12(11)22(15,19)20/h1-8,17-20H. The van der Waals surface area contributed by atoms with Crippen LogP contribution in [-0.2, 0) is 0 Å². The molecule has 0 radical (unpaired) electrons. The molecule has 0 saturated carbocycles. The van der Waals surface area contributed by atoms with Crippen molar-refractivity contribution >= 4 is 44.1 Å². The second-order valence-corrected chi connectivity index (χ2v) is 8.82. The number of benzene rings is 2. The molecule has 9 heteroatoms. The van der Waals surface area contributed by atoms with E-state index in [4.69, 9.17) is 11.6 Å². The molecule has 1 aliphatic rings. The van der Waals surface area contributed by atoms with Crippen molar-refractivity contribution in [1.82, 2.24) is 0 Å². The molecule has 0 aliphatic carbocycles. The van der Waals surface area contributed by atoms with E-state index in [1.807, 2.05) is 0 Å². The van der Waals surface area contributed by atoms with Gasteiger partial charge in [-0.1, -0.05) is 33.7 Å². The fourth-order valence-corrected chi connectivity index (χ4v) is 7.06. The van der Waals surface area contributed by atoms with Gasteiger partial charge in [0.1, 0.15) is 9.79 Å². The average molecular weight is 362 g/mol. The van der Waals surface area contributed by atoms with Crippen LogP contribution in [0.2, 0.25) is 0 Å². The predicted octanol–water partition coefficient (Wildman–Crippen LogP) is 4.63. The molecule has 0 fully saturated rings. The maximum absolute atomic E-state index is 11.1. The lowest BCUT2D eigenvalue weighted by Gasteiger charge is -2.45. The molecule has 2 aromatic rings. The van der Waals surface area contributed by atoms with E-state index in [9.17, 15) is 23.0 Å². The lowest BCUT2D eigenvalue weighted by molar-refractivity contribution is 0.108. The van der Waals surface area contributed by atoms with Crippen LogP contribution in [0.25, 0.3) is 0 Å². The number of carbonyl (C=O) groups is 1. The van der Waals surface area contributed by atoms with Gasteiger partial charge >= 0.3 is 0 Å². The Balaban J connectivity index is 2.13. The van der Waals surface area contributed by atoms with E-state index >= 15 is 0 Å². The minimum absolute atomic E-state index is 0.0764. The molecule has 0 aromatic heterocycles. The highest BCUT2D eigenvalue weighted by molar-refractivity contribution is 8.44. The van der Waals surface area contributed by atoms with E-state index in [0.29, 0.717) is 0 Å². The van der Waals surface area contributed by atoms with Gasteiger partial charge in [0.05, 0.1) is 5.69 Å². The minimum Gasteiger partial charge on any atom is -0.276 e. The highest BCUT2D eigenvalue weighted by Gasteiger charge is 2.47. The molecule has 0 spiro atoms. The molecule has 0 bridgehead atoms. The van der Waals surface area contributed by atoms with Crippen molar-refractivity contribution in [3.05, 3.63) is 54.1 Å². The first-order valence-electron chi connectivity index (χ1n) is 6.02. The van der Waals surface area contributed by atoms with Crippen LogP contribution < -0.4 is 3.71 Å². The van der Waals surface area contributed by atoms with Gasteiger partial charge in [-0.05, 0) is 48.0 Å². The summed E-state index contributed by atoms with van der Waals surface area (Å²) in [6, 6.07) is 11.6. The Kier molecular flexibility index (Phi) is 3.65. The zero-order valence-electron chi connectivity index (χ0n) is 11.0. The van der Waals surface area contributed by atoms with Gasteiger partial charge in [-0.25, -0.2) is 0 Å². The molecular formula is C13H12ClNO5S2. The Morgan fingerprint density at radius 1 is 0.864 bits per heavy atom. The zero-order valence-corrected chi connectivity index (χ0v) is 13.3. The molecule has 0 saturated heterocycles. The normalized spacial score (nSPS) is 21.0. The van der Waals surface area contributed by atoms with Crippen LogP contribution >= 0.6 is 33.2 Å². The third-order valence-corrected chi connectivity index (χ3v) is 8.04. The summed E-state index contributed by atoms with van der Waals surface area (Å²) in [5.74, 6) is 0. The van der Waals surface area contributed by atoms with Crippen molar-refractivity contribution in [3.8, 4) is 0 Å². The molecule has 1 heterocycles. The fourth-order valence-electron chi connectivity index (χ4n) is 2.23. The van der Waals surface area contributed by atoms with Crippen LogP contribution in [0.1, 0.15) is 10.4 Å². The molecular weight excluding hydrogens is 350 g/mol. The number of nitrogens with zero attached hydrogens (tertiary/aromatic N) is 1. The topological polar surface area (TPSA) is 101 Å². The van der Waals surface area contributed by atoms with E-state index in [0.717, 1.165) is 3.71 Å². The Bertz CT molecular complexity index is 715. The Labute approximate surface area is 134 Å². The summed E-state index contributed by atoms with van der Waals surface area (Å²) in [6.07, 6.45) is 0. The molecule has 0 atom stereocenters. The summed E-state index contributed by atoms with van der Waals surface area (Å²) in [5.41, 5.74) is 0.382. The monoisotopic (exact) mass is 361 g/mol. The van der Waals surface area contributed by atoms with Crippen molar-refractivity contribution in [2.75, 3.05) is 3.71 Å². The second-order valence-electron chi connectivity index (χ2n) is 4.56. The highest BCUT2D eigenvalue weighted by Crippen LogP contribution is 2.77. The molecule has 6 nitrogen and oxygen atoms in total. The number of rotatable bonds is 2. The van der Waals surface area contributed by atoms with Crippen LogP contribution in [0.15, 0.2) is 58.3 Å². The first kappa shape index (κ1) is 15.6. The van der Waals surface area contributed by atoms with Crippen LogP contribution in [0.4, 0.5) is 5.69 Å². The molecule has 1 aliphatic heterocycles. The van der Waals surface area contributed by atoms with Crippen molar-refractivity contribution in [2.45, 2.75) is 9.79 Å². The van der Waals surface area contributed by atoms with E-state index in [2.05, 4.69) is 0 Å². The van der Waals surface area contributed by atoms with Gasteiger partial charge in [0.2, 0.25) is 0 Å². The summed E-state index contributed by atoms with van der Waals surface area (Å²) in [6.45, 7) is 0. The van der Waals surface area contributed by atoms with E-state index in [1.54, 1.807) is 12.1 Å². The van der Waals surface area contributed by atoms with Gasteiger partial charge < -0.3 is 0 Å². The Morgan fingerprint density at radius 3 is 1.73 bits per heavy atom. The summed E-state index contributed by atoms with van der Waals surface area (Å²) < 4.78 is 42.6. The summed E-state index contributed by atoms with van der Waals surface area (Å²) in [4.78, 5) is 11.2. The zero-order chi connectivity index (χ0) is 16.1. The lowest BCUT2D eigenvalue weighted by atomic mass is 10.2. The maximum atomic E-state index is 11.1. The highest BCUT2D eigenvalue weighted by atomic mass is 35.5. The molecule has 0 unspecified atom stereocenters. The van der Waals surface area contributed by atoms with Gasteiger partial charge in [-0.15, -0.1) is 0 Å². The molecule has 0 amide bonds. The van der Waals surface area contributed by atoms with E-state index in [-0.39, 0.29) is 21.0 Å². The number of hydrogen-bond acceptors (Lipinski definition) is 6. The van der Waals surface area contributed by atoms with Crippen molar-refractivity contribution in [1.29, 1.82) is 0 Å². The molecule has 22 heavy (non-hydrogen) atoms. The predicted molar refractivity (Wildman–Crippen MR) is 87.8 cm³/mol. The van der Waals surface area contributed by atoms with Gasteiger partial charge in [0.15, 0.2) is 0 Å². The van der Waals surface area contributed by atoms with Crippen molar-refractivity contribution < 1.29 is 23.0 Å². The molecule has 4 N–H and O–H groups in total. The molecule has 118 valence electrons. The quantitative estimate of drug-likeness (QED) is 0.581. The Morgan fingerprint density at radius 2 is 1.32 bits per heavy atom. The number of fused-ring (bicyclic) bond motifs is 1. The van der Waals surface area contributed by atoms with E-state index in [1.165, 1.54) is 36.4 Å². The van der Waals surface area contributed by atoms with Crippen LogP contribution in [0, 0.1) is 0 Å². The third kappa shape index (κ3) is 2.20. The minimum atomic E-state index is -3.59. The van der Waals surface area contributed by atoms with Crippen molar-refractivity contribution in [2.24, 2.45) is 0 Å². The number of anilines is 1. The summed E-state index contributed by atoms with van der Waals surface area (Å²) in [7, 11) is -7.18. The maximum Gasteiger partial charge on any atom is 0.252 e. The first-order chi connectivity index (χ1) is 10.3. The number of halogens is 1. The SMILES string of the molecule is O=C(Cl)c1ccc(N2S(O)(O)c3ccccc3S2(O)O)cc1. The Hall–Kier alpha value is -1.26. The van der Waals surface area contributed by atoms with Crippen molar-refractivity contribution in [3.63, 3.8) is 0 Å². The lowest BCUT2D eigenvalue weighted by Crippen LogP contribution is -2.24. The number of hydrogen-bond donors (Lipinski definition) is 4. The second kappa shape index (κ2) is 5.14. The average Bonchev–Trinajstić information content (AvgIpc) is 2.63. The largest absolute Gasteiger partial charge is 0.276 e. The van der Waals surface area contributed by atoms with Crippen LogP contribution in [-0.4, -0.2) is 23.5 Å². The molecule has 2 aromatic carbocycles. The van der Waals surface area contributed by atoms with Crippen LogP contribution in [0.3, 0.4) is 0 Å². The third-order valence-electron chi connectivity index (χ3n) is 3.21. The molecule has 3 rings (SSSR count). The van der Waals surface area contributed by atoms with Gasteiger partial charge in [0, 0.05) is 5.56 Å². The fraction of sp³-hybridized carbons (Fsp3) is 0. The van der Waals surface area contributed by atoms with Gasteiger partial charge in [-0.2, -0.15) is 3.71 Å². The number of carbonyl (C=O) groups excluding carboxylic acids is 1. The first-order valence-corrected chi connectivity index (χ1v) is 9.40.